The van der Waals surface area contributed by atoms with E-state index in [1.807, 2.05) is 6.92 Å². The number of Topliss-reactive ketones (excluding diaryl/α,β-unsaturated/α-hetero) is 1. The normalized spacial score (nSPS) is 44.6. The van der Waals surface area contributed by atoms with Crippen LogP contribution in [0.1, 0.15) is 79.1 Å². The Morgan fingerprint density at radius 3 is 2.45 bits per heavy atom. The molecular formula is C26H35ClO6. The lowest BCUT2D eigenvalue weighted by molar-refractivity contribution is -0.145. The zero-order valence-electron chi connectivity index (χ0n) is 19.9. The smallest absolute Gasteiger partial charge is 0.303 e. The van der Waals surface area contributed by atoms with Crippen LogP contribution in [0.3, 0.4) is 0 Å². The molecule has 0 heterocycles. The molecule has 3 fully saturated rings. The first kappa shape index (κ1) is 24.3. The number of fused-ring (bicyclic) bond motifs is 5. The fourth-order valence-electron chi connectivity index (χ4n) is 8.70. The van der Waals surface area contributed by atoms with E-state index in [0.29, 0.717) is 32.1 Å². The molecule has 0 aromatic rings. The van der Waals surface area contributed by atoms with Crippen LogP contribution in [0.2, 0.25) is 0 Å². The van der Waals surface area contributed by atoms with Gasteiger partial charge in [0, 0.05) is 11.8 Å². The van der Waals surface area contributed by atoms with Gasteiger partial charge in [0.15, 0.2) is 0 Å². The van der Waals surface area contributed by atoms with Crippen LogP contribution in [0.15, 0.2) is 23.2 Å². The van der Waals surface area contributed by atoms with Crippen molar-refractivity contribution >= 4 is 29.1 Å². The fraction of sp³-hybridized carbons (Fsp3) is 0.731. The zero-order chi connectivity index (χ0) is 24.6. The average molecular weight is 479 g/mol. The van der Waals surface area contributed by atoms with Crippen LogP contribution in [-0.4, -0.2) is 37.7 Å². The number of carbonyl (C=O) groups is 3. The molecule has 0 radical (unpaired) electrons. The average Bonchev–Trinajstić information content (AvgIpc) is 2.96. The molecule has 3 saturated carbocycles. The predicted octanol–water partition coefficient (Wildman–Crippen LogP) is 5.50. The summed E-state index contributed by atoms with van der Waals surface area (Å²) in [5, 5.41) is 30.5. The third-order valence-corrected chi connectivity index (χ3v) is 11.2. The molecule has 0 aromatic carbocycles. The minimum atomic E-state index is -1.04. The third kappa shape index (κ3) is 2.88. The Hall–Kier alpha value is -1.82. The number of carbonyl (C=O) groups excluding carboxylic acids is 2. The maximum atomic E-state index is 13.3. The third-order valence-electron chi connectivity index (χ3n) is 10.4. The first-order valence-corrected chi connectivity index (χ1v) is 12.4. The molecule has 33 heavy (non-hydrogen) atoms. The van der Waals surface area contributed by atoms with Gasteiger partial charge in [-0.2, -0.15) is 0 Å². The number of hydrogen-bond donors (Lipinski definition) is 3. The SMILES string of the molecule is CC(=O)[C@@]1(CCCC(=O)O)[C@@H](C)C[C@H]2[C@@H]3CCC4=CC(=O)C(O)=C(O)[C@]4(C)[C@@]3(Cl)CC[C@@]21C. The molecule has 0 spiro atoms. The molecule has 3 N–H and O–H groups in total. The van der Waals surface area contributed by atoms with E-state index in [-0.39, 0.29) is 41.1 Å². The number of rotatable bonds is 5. The van der Waals surface area contributed by atoms with E-state index in [9.17, 15) is 29.7 Å². The molecular weight excluding hydrogens is 444 g/mol. The summed E-state index contributed by atoms with van der Waals surface area (Å²) >= 11 is 7.47. The van der Waals surface area contributed by atoms with Crippen molar-refractivity contribution in [3.8, 4) is 0 Å². The Bertz CT molecular complexity index is 983. The van der Waals surface area contributed by atoms with Gasteiger partial charge in [-0.05, 0) is 88.0 Å². The molecule has 6 nitrogen and oxygen atoms in total. The molecule has 0 saturated heterocycles. The van der Waals surface area contributed by atoms with Gasteiger partial charge in [0.05, 0.1) is 10.3 Å². The highest BCUT2D eigenvalue weighted by atomic mass is 35.5. The van der Waals surface area contributed by atoms with E-state index in [4.69, 9.17) is 11.6 Å². The second kappa shape index (κ2) is 7.59. The van der Waals surface area contributed by atoms with Crippen LogP contribution in [0.4, 0.5) is 0 Å². The second-order valence-corrected chi connectivity index (χ2v) is 12.0. The van der Waals surface area contributed by atoms with E-state index in [0.717, 1.165) is 18.4 Å². The molecule has 182 valence electrons. The summed E-state index contributed by atoms with van der Waals surface area (Å²) in [5.74, 6) is -2.06. The highest BCUT2D eigenvalue weighted by Crippen LogP contribution is 2.75. The highest BCUT2D eigenvalue weighted by Gasteiger charge is 2.72. The lowest BCUT2D eigenvalue weighted by Crippen LogP contribution is -2.62. The Morgan fingerprint density at radius 1 is 1.18 bits per heavy atom. The summed E-state index contributed by atoms with van der Waals surface area (Å²) in [6, 6.07) is 0. The first-order chi connectivity index (χ1) is 15.3. The number of aliphatic hydroxyl groups excluding tert-OH is 2. The van der Waals surface area contributed by atoms with Gasteiger partial charge in [0.2, 0.25) is 11.5 Å². The van der Waals surface area contributed by atoms with E-state index in [1.54, 1.807) is 6.92 Å². The van der Waals surface area contributed by atoms with Crippen LogP contribution in [0, 0.1) is 34.0 Å². The van der Waals surface area contributed by atoms with Crippen molar-refractivity contribution < 1.29 is 29.7 Å². The van der Waals surface area contributed by atoms with Gasteiger partial charge in [-0.15, -0.1) is 11.6 Å². The standard InChI is InChI=1S/C26H35ClO6/c1-14-12-18-17-8-7-16-13-19(29)21(32)22(33)24(16,4)26(17,27)11-10-23(18,3)25(14,15(2)28)9-5-6-20(30)31/h13-14,17-18,32-33H,5-12H2,1-4H3,(H,30,31)/t14-,17-,18-,23-,24+,25+,26+/m0/s1. The molecule has 7 atom stereocenters. The van der Waals surface area contributed by atoms with Gasteiger partial charge in [0.1, 0.15) is 11.5 Å². The molecule has 0 aromatic heterocycles. The Morgan fingerprint density at radius 2 is 1.85 bits per heavy atom. The van der Waals surface area contributed by atoms with E-state index >= 15 is 0 Å². The van der Waals surface area contributed by atoms with Gasteiger partial charge in [-0.3, -0.25) is 14.4 Å². The Kier molecular flexibility index (Phi) is 5.59. The molecule has 4 rings (SSSR count). The zero-order valence-corrected chi connectivity index (χ0v) is 20.7. The predicted molar refractivity (Wildman–Crippen MR) is 124 cm³/mol. The van der Waals surface area contributed by atoms with Gasteiger partial charge in [-0.25, -0.2) is 0 Å². The van der Waals surface area contributed by atoms with Crippen LogP contribution >= 0.6 is 11.6 Å². The lowest BCUT2D eigenvalue weighted by atomic mass is 9.44. The van der Waals surface area contributed by atoms with Gasteiger partial charge in [-0.1, -0.05) is 19.4 Å². The molecule has 0 bridgehead atoms. The summed E-state index contributed by atoms with van der Waals surface area (Å²) in [6.07, 6.45) is 5.86. The molecule has 4 aliphatic carbocycles. The highest BCUT2D eigenvalue weighted by molar-refractivity contribution is 6.25. The summed E-state index contributed by atoms with van der Waals surface area (Å²) < 4.78 is 0. The van der Waals surface area contributed by atoms with Crippen LogP contribution < -0.4 is 0 Å². The van der Waals surface area contributed by atoms with Gasteiger partial charge >= 0.3 is 5.97 Å². The van der Waals surface area contributed by atoms with Gasteiger partial charge < -0.3 is 15.3 Å². The molecule has 0 amide bonds. The molecule has 0 unspecified atom stereocenters. The van der Waals surface area contributed by atoms with E-state index < -0.39 is 33.2 Å². The number of allylic oxidation sites excluding steroid dienone is 2. The number of halogens is 1. The molecule has 4 aliphatic rings. The fourth-order valence-corrected chi connectivity index (χ4v) is 9.26. The van der Waals surface area contributed by atoms with Crippen molar-refractivity contribution in [1.29, 1.82) is 0 Å². The molecule has 7 heteroatoms. The topological polar surface area (TPSA) is 112 Å². The van der Waals surface area contributed by atoms with Crippen molar-refractivity contribution in [2.45, 2.75) is 83.9 Å². The summed E-state index contributed by atoms with van der Waals surface area (Å²) in [5.41, 5.74) is -1.21. The van der Waals surface area contributed by atoms with Crippen molar-refractivity contribution in [1.82, 2.24) is 0 Å². The Balaban J connectivity index is 1.77. The number of ketones is 2. The van der Waals surface area contributed by atoms with Crippen molar-refractivity contribution in [2.24, 2.45) is 34.0 Å². The quantitative estimate of drug-likeness (QED) is 0.449. The Labute approximate surface area is 200 Å². The number of hydrogen-bond acceptors (Lipinski definition) is 5. The maximum absolute atomic E-state index is 13.3. The van der Waals surface area contributed by atoms with E-state index in [1.165, 1.54) is 6.08 Å². The number of aliphatic hydroxyl groups is 2. The van der Waals surface area contributed by atoms with Crippen molar-refractivity contribution in [3.05, 3.63) is 23.2 Å². The van der Waals surface area contributed by atoms with Crippen LogP contribution in [0.25, 0.3) is 0 Å². The largest absolute Gasteiger partial charge is 0.507 e. The maximum Gasteiger partial charge on any atom is 0.303 e. The minimum absolute atomic E-state index is 0.00799. The van der Waals surface area contributed by atoms with Crippen molar-refractivity contribution in [3.63, 3.8) is 0 Å². The van der Waals surface area contributed by atoms with E-state index in [2.05, 4.69) is 13.8 Å². The number of carboxylic acid groups (broad SMARTS) is 1. The summed E-state index contributed by atoms with van der Waals surface area (Å²) in [7, 11) is 0. The summed E-state index contributed by atoms with van der Waals surface area (Å²) in [6.45, 7) is 7.78. The number of aliphatic carboxylic acids is 1. The number of carboxylic acids is 1. The minimum Gasteiger partial charge on any atom is -0.507 e. The molecule has 0 aliphatic heterocycles. The van der Waals surface area contributed by atoms with Crippen LogP contribution in [0.5, 0.6) is 0 Å². The monoisotopic (exact) mass is 478 g/mol. The summed E-state index contributed by atoms with van der Waals surface area (Å²) in [4.78, 5) is 35.8. The second-order valence-electron chi connectivity index (χ2n) is 11.3. The lowest BCUT2D eigenvalue weighted by Gasteiger charge is -2.63. The van der Waals surface area contributed by atoms with Gasteiger partial charge in [0.25, 0.3) is 0 Å². The number of alkyl halides is 1. The first-order valence-electron chi connectivity index (χ1n) is 12.1. The van der Waals surface area contributed by atoms with Crippen molar-refractivity contribution in [2.75, 3.05) is 0 Å². The van der Waals surface area contributed by atoms with Crippen LogP contribution in [-0.2, 0) is 14.4 Å².